The molecule has 22 nitrogen and oxygen atoms in total. The van der Waals surface area contributed by atoms with E-state index in [1.54, 1.807) is 42.5 Å². The normalized spacial score (nSPS) is 16.0. The van der Waals surface area contributed by atoms with Crippen molar-refractivity contribution in [1.82, 2.24) is 31.5 Å². The Morgan fingerprint density at radius 2 is 1.27 bits per heavy atom. The molecule has 0 aromatic heterocycles. The van der Waals surface area contributed by atoms with E-state index in [-0.39, 0.29) is 69.2 Å². The Balaban J connectivity index is 1.87. The molecule has 0 radical (unpaired) electrons. The SMILES string of the molecule is CC(C)C[C@H](NC(=O)[C@H](Cc1ccccc1)NC(=O)[C@H](CC(N)=O)NC(=O)[C@@H]1CCCN1C(=O)[C@@H](N)CCCCN)C(=O)N[C@@H](CCCN=C(N)N)C(=O)N[C@@H](Cc1ccc(O)cc1)C(N)=O. The fourth-order valence-electron chi connectivity index (χ4n) is 7.54. The molecular formula is C45H69N13O9. The number of benzene rings is 2. The molecule has 0 bridgehead atoms. The number of carbonyl (C=O) groups is 8. The zero-order valence-electron chi connectivity index (χ0n) is 38.3. The van der Waals surface area contributed by atoms with Gasteiger partial charge in [-0.25, -0.2) is 0 Å². The van der Waals surface area contributed by atoms with E-state index in [9.17, 15) is 43.5 Å². The fourth-order valence-corrected chi connectivity index (χ4v) is 7.54. The quantitative estimate of drug-likeness (QED) is 0.0239. The first-order valence-electron chi connectivity index (χ1n) is 22.5. The molecule has 1 aliphatic heterocycles. The fraction of sp³-hybridized carbons (Fsp3) is 0.533. The number of hydrogen-bond acceptors (Lipinski definition) is 12. The zero-order chi connectivity index (χ0) is 49.6. The molecule has 3 rings (SSSR count). The third kappa shape index (κ3) is 18.9. The molecule has 1 aliphatic rings. The third-order valence-corrected chi connectivity index (χ3v) is 11.0. The van der Waals surface area contributed by atoms with Gasteiger partial charge in [0.1, 0.15) is 42.0 Å². The van der Waals surface area contributed by atoms with Crippen molar-refractivity contribution in [3.8, 4) is 5.75 Å². The Hall–Kier alpha value is -6.81. The minimum absolute atomic E-state index is 0.00221. The maximum Gasteiger partial charge on any atom is 0.243 e. The summed E-state index contributed by atoms with van der Waals surface area (Å²) in [5.74, 6) is -6.57. The number of carbonyl (C=O) groups excluding carboxylic acids is 8. The molecule has 0 unspecified atom stereocenters. The summed E-state index contributed by atoms with van der Waals surface area (Å²) >= 11 is 0. The molecule has 0 aliphatic carbocycles. The molecule has 22 heteroatoms. The molecular weight excluding hydrogens is 867 g/mol. The van der Waals surface area contributed by atoms with Crippen molar-refractivity contribution in [3.63, 3.8) is 0 Å². The van der Waals surface area contributed by atoms with Crippen LogP contribution in [0.25, 0.3) is 0 Å². The highest BCUT2D eigenvalue weighted by Crippen LogP contribution is 2.20. The van der Waals surface area contributed by atoms with Crippen molar-refractivity contribution < 1.29 is 43.5 Å². The first-order valence-corrected chi connectivity index (χ1v) is 22.5. The van der Waals surface area contributed by atoms with Gasteiger partial charge in [-0.05, 0) is 80.7 Å². The van der Waals surface area contributed by atoms with Crippen LogP contribution in [0.1, 0.15) is 82.8 Å². The lowest BCUT2D eigenvalue weighted by Gasteiger charge is -2.29. The summed E-state index contributed by atoms with van der Waals surface area (Å²) in [4.78, 5) is 113. The van der Waals surface area contributed by atoms with Crippen molar-refractivity contribution >= 4 is 53.2 Å². The minimum atomic E-state index is -1.56. The summed E-state index contributed by atoms with van der Waals surface area (Å²) in [7, 11) is 0. The number of unbranched alkanes of at least 4 members (excludes halogenated alkanes) is 1. The maximum absolute atomic E-state index is 14.3. The molecule has 1 fully saturated rings. The Bertz CT molecular complexity index is 2020. The highest BCUT2D eigenvalue weighted by molar-refractivity contribution is 5.98. The molecule has 0 saturated carbocycles. The van der Waals surface area contributed by atoms with Crippen molar-refractivity contribution in [3.05, 3.63) is 65.7 Å². The maximum atomic E-state index is 14.3. The van der Waals surface area contributed by atoms with Crippen LogP contribution in [0.4, 0.5) is 0 Å². The van der Waals surface area contributed by atoms with Crippen molar-refractivity contribution in [2.24, 2.45) is 45.3 Å². The van der Waals surface area contributed by atoms with E-state index in [1.807, 2.05) is 13.8 Å². The standard InChI is InChI=1S/C45H69N13O9/c1-26(2)22-33(40(63)53-31(13-8-20-52-45(50)51)39(62)54-32(38(49)61)23-28-15-17-29(59)18-16-28)55-41(64)34(24-27-10-4-3-5-11-27)56-42(65)35(25-37(48)60)57-43(66)36-14-9-21-58(36)44(67)30(47)12-6-7-19-46/h3-5,10-11,15-18,26,30-36,59H,6-9,12-14,19-25,46-47H2,1-2H3,(H2,48,60)(H2,49,61)(H,53,63)(H,54,62)(H,55,64)(H,56,65)(H,57,66)(H4,50,51,52)/t30-,31-,32-,33-,34-,35-,36-/m0/s1. The van der Waals surface area contributed by atoms with Gasteiger partial charge in [0, 0.05) is 25.9 Å². The van der Waals surface area contributed by atoms with Gasteiger partial charge in [-0.1, -0.05) is 62.7 Å². The molecule has 2 aromatic carbocycles. The van der Waals surface area contributed by atoms with Gasteiger partial charge in [-0.2, -0.15) is 0 Å². The average molecular weight is 936 g/mol. The number of likely N-dealkylation sites (tertiary alicyclic amines) is 1. The number of nitrogens with one attached hydrogen (secondary N) is 5. The van der Waals surface area contributed by atoms with Crippen molar-refractivity contribution in [2.75, 3.05) is 19.6 Å². The van der Waals surface area contributed by atoms with Crippen LogP contribution in [0.5, 0.6) is 5.75 Å². The van der Waals surface area contributed by atoms with Crippen molar-refractivity contribution in [2.45, 2.75) is 127 Å². The largest absolute Gasteiger partial charge is 0.508 e. The number of hydrogen-bond donors (Lipinski definition) is 12. The molecule has 8 amide bonds. The lowest BCUT2D eigenvalue weighted by molar-refractivity contribution is -0.141. The van der Waals surface area contributed by atoms with Crippen LogP contribution >= 0.6 is 0 Å². The number of guanidine groups is 1. The molecule has 2 aromatic rings. The average Bonchev–Trinajstić information content (AvgIpc) is 3.77. The highest BCUT2D eigenvalue weighted by atomic mass is 16.3. The van der Waals surface area contributed by atoms with Gasteiger partial charge in [0.25, 0.3) is 0 Å². The lowest BCUT2D eigenvalue weighted by atomic mass is 9.99. The highest BCUT2D eigenvalue weighted by Gasteiger charge is 2.39. The van der Waals surface area contributed by atoms with Crippen LogP contribution in [0.3, 0.4) is 0 Å². The van der Waals surface area contributed by atoms with Gasteiger partial charge in [0.15, 0.2) is 5.96 Å². The number of rotatable bonds is 28. The zero-order valence-corrected chi connectivity index (χ0v) is 38.3. The van der Waals surface area contributed by atoms with Crippen LogP contribution in [-0.4, -0.2) is 125 Å². The Morgan fingerprint density at radius 1 is 0.701 bits per heavy atom. The Labute approximate surface area is 390 Å². The summed E-state index contributed by atoms with van der Waals surface area (Å²) in [5.41, 5.74) is 35.1. The van der Waals surface area contributed by atoms with E-state index in [0.717, 1.165) is 0 Å². The molecule has 0 spiro atoms. The molecule has 1 heterocycles. The predicted octanol–water partition coefficient (Wildman–Crippen LogP) is -2.49. The second-order valence-corrected chi connectivity index (χ2v) is 17.1. The van der Waals surface area contributed by atoms with E-state index in [2.05, 4.69) is 31.6 Å². The summed E-state index contributed by atoms with van der Waals surface area (Å²) in [6, 6.07) is 6.05. The first kappa shape index (κ1) is 54.5. The molecule has 7 atom stereocenters. The topological polar surface area (TPSA) is 389 Å². The van der Waals surface area contributed by atoms with Crippen LogP contribution in [0.15, 0.2) is 59.6 Å². The Kier molecular flexibility index (Phi) is 22.5. The second-order valence-electron chi connectivity index (χ2n) is 17.1. The van der Waals surface area contributed by atoms with Crippen LogP contribution in [-0.2, 0) is 51.2 Å². The molecule has 1 saturated heterocycles. The van der Waals surface area contributed by atoms with E-state index in [1.165, 1.54) is 17.0 Å². The van der Waals surface area contributed by atoms with Gasteiger partial charge in [-0.15, -0.1) is 0 Å². The minimum Gasteiger partial charge on any atom is -0.508 e. The number of phenolic OH excluding ortho intramolecular Hbond substituents is 1. The number of aromatic hydroxyl groups is 1. The monoisotopic (exact) mass is 936 g/mol. The first-order chi connectivity index (χ1) is 31.8. The van der Waals surface area contributed by atoms with E-state index >= 15 is 0 Å². The number of aliphatic imine (C=N–C) groups is 1. The van der Waals surface area contributed by atoms with E-state index < -0.39 is 96.0 Å². The number of phenols is 1. The number of primary amides is 2. The predicted molar refractivity (Wildman–Crippen MR) is 250 cm³/mol. The number of nitrogens with two attached hydrogens (primary N) is 6. The molecule has 368 valence electrons. The van der Waals surface area contributed by atoms with Crippen LogP contribution < -0.4 is 61.0 Å². The van der Waals surface area contributed by atoms with E-state index in [0.29, 0.717) is 43.4 Å². The van der Waals surface area contributed by atoms with Gasteiger partial charge in [0.2, 0.25) is 47.3 Å². The number of nitrogens with zero attached hydrogens (tertiary/aromatic N) is 2. The molecule has 18 N–H and O–H groups in total. The van der Waals surface area contributed by atoms with Gasteiger partial charge >= 0.3 is 0 Å². The number of amides is 8. The Morgan fingerprint density at radius 3 is 1.88 bits per heavy atom. The van der Waals surface area contributed by atoms with Gasteiger partial charge in [0.05, 0.1) is 12.5 Å². The van der Waals surface area contributed by atoms with Gasteiger partial charge in [-0.3, -0.25) is 43.3 Å². The summed E-state index contributed by atoms with van der Waals surface area (Å²) in [6.07, 6.45) is 1.96. The van der Waals surface area contributed by atoms with Crippen LogP contribution in [0, 0.1) is 5.92 Å². The third-order valence-electron chi connectivity index (χ3n) is 11.0. The van der Waals surface area contributed by atoms with E-state index in [4.69, 9.17) is 34.4 Å². The smallest absolute Gasteiger partial charge is 0.243 e. The van der Waals surface area contributed by atoms with Crippen molar-refractivity contribution in [1.29, 1.82) is 0 Å². The van der Waals surface area contributed by atoms with Crippen LogP contribution in [0.2, 0.25) is 0 Å². The summed E-state index contributed by atoms with van der Waals surface area (Å²) in [5, 5.41) is 22.9. The lowest BCUT2D eigenvalue weighted by Crippen LogP contribution is -2.60. The van der Waals surface area contributed by atoms with Gasteiger partial charge < -0.3 is 71.0 Å². The summed E-state index contributed by atoms with van der Waals surface area (Å²) in [6.45, 7) is 4.41. The summed E-state index contributed by atoms with van der Waals surface area (Å²) < 4.78 is 0. The molecule has 67 heavy (non-hydrogen) atoms. The second kappa shape index (κ2) is 27.6.